The van der Waals surface area contributed by atoms with Crippen molar-refractivity contribution in [2.24, 2.45) is 0 Å². The summed E-state index contributed by atoms with van der Waals surface area (Å²) in [7, 11) is -2.66. The van der Waals surface area contributed by atoms with Gasteiger partial charge in [0.2, 0.25) is 0 Å². The molecule has 2 aliphatic rings. The minimum absolute atomic E-state index is 0.0249. The zero-order valence-electron chi connectivity index (χ0n) is 33.8. The number of ether oxygens (including phenoxy) is 4. The quantitative estimate of drug-likeness (QED) is 0.0656. The minimum Gasteiger partial charge on any atom is -0.494 e. The molecule has 2 N–H and O–H groups in total. The SMILES string of the molecule is C=C(OCC)c1c([C@H]2C[C@H]3CC[C@@H](C2)N3C(=O)OC(C)(C)C)nc2c(-c3ccc(N)nc3)cnn2c1N(COCC[Si](C)(C)C)COCC[Si](C)(C)C. The summed E-state index contributed by atoms with van der Waals surface area (Å²) >= 11 is 0. The molecule has 2 fully saturated rings. The summed E-state index contributed by atoms with van der Waals surface area (Å²) in [5, 5.41) is 4.96. The van der Waals surface area contributed by atoms with Crippen molar-refractivity contribution < 1.29 is 23.7 Å². The summed E-state index contributed by atoms with van der Waals surface area (Å²) in [6.07, 6.45) is 6.70. The fourth-order valence-corrected chi connectivity index (χ4v) is 8.66. The number of pyridine rings is 1. The van der Waals surface area contributed by atoms with Gasteiger partial charge in [-0.25, -0.2) is 14.8 Å². The maximum atomic E-state index is 13.5. The number of amides is 1. The van der Waals surface area contributed by atoms with Gasteiger partial charge in [0.15, 0.2) is 5.65 Å². The summed E-state index contributed by atoms with van der Waals surface area (Å²) in [6, 6.07) is 5.91. The third-order valence-electron chi connectivity index (χ3n) is 9.86. The second-order valence-electron chi connectivity index (χ2n) is 18.0. The van der Waals surface area contributed by atoms with Gasteiger partial charge in [-0.2, -0.15) is 9.61 Å². The molecule has 3 aromatic heterocycles. The second kappa shape index (κ2) is 16.5. The summed E-state index contributed by atoms with van der Waals surface area (Å²) in [5.74, 6) is 1.76. The summed E-state index contributed by atoms with van der Waals surface area (Å²) in [5.41, 5.74) is 9.48. The number of nitrogens with zero attached hydrogens (tertiary/aromatic N) is 6. The number of hydrogen-bond donors (Lipinski definition) is 1. The molecule has 5 heterocycles. The number of nitrogen functional groups attached to an aromatic ring is 1. The van der Waals surface area contributed by atoms with Crippen molar-refractivity contribution in [1.29, 1.82) is 0 Å². The molecule has 0 spiro atoms. The molecular formula is C39H63N7O5Si2. The monoisotopic (exact) mass is 765 g/mol. The van der Waals surface area contributed by atoms with Crippen molar-refractivity contribution in [3.8, 4) is 11.1 Å². The summed E-state index contributed by atoms with van der Waals surface area (Å²) in [6.45, 7) is 28.7. The lowest BCUT2D eigenvalue weighted by Gasteiger charge is -2.40. The fourth-order valence-electron chi connectivity index (χ4n) is 7.14. The Morgan fingerprint density at radius 1 is 0.981 bits per heavy atom. The van der Waals surface area contributed by atoms with Crippen molar-refractivity contribution in [2.75, 3.05) is 43.9 Å². The highest BCUT2D eigenvalue weighted by molar-refractivity contribution is 6.76. The summed E-state index contributed by atoms with van der Waals surface area (Å²) < 4.78 is 26.9. The predicted molar refractivity (Wildman–Crippen MR) is 219 cm³/mol. The molecular weight excluding hydrogens is 703 g/mol. The van der Waals surface area contributed by atoms with Crippen LogP contribution in [0.4, 0.5) is 16.4 Å². The van der Waals surface area contributed by atoms with E-state index in [1.165, 1.54) is 0 Å². The van der Waals surface area contributed by atoms with E-state index in [4.69, 9.17) is 34.8 Å². The van der Waals surface area contributed by atoms with E-state index in [2.05, 4.69) is 55.7 Å². The Hall–Kier alpha value is -3.47. The summed E-state index contributed by atoms with van der Waals surface area (Å²) in [4.78, 5) is 27.4. The topological polar surface area (TPSA) is 130 Å². The Labute approximate surface area is 318 Å². The molecule has 2 bridgehead atoms. The molecule has 2 saturated heterocycles. The van der Waals surface area contributed by atoms with Crippen molar-refractivity contribution in [2.45, 2.75) is 128 Å². The molecule has 0 unspecified atom stereocenters. The van der Waals surface area contributed by atoms with Crippen LogP contribution in [-0.2, 0) is 18.9 Å². The Kier molecular flexibility index (Phi) is 12.7. The first-order chi connectivity index (χ1) is 24.8. The van der Waals surface area contributed by atoms with Crippen LogP contribution in [0, 0.1) is 0 Å². The van der Waals surface area contributed by atoms with E-state index in [-0.39, 0.29) is 24.1 Å². The first-order valence-corrected chi connectivity index (χ1v) is 26.6. The Bertz CT molecular complexity index is 1690. The molecule has 5 rings (SSSR count). The molecule has 3 atom stereocenters. The van der Waals surface area contributed by atoms with Crippen LogP contribution >= 0.6 is 0 Å². The third kappa shape index (κ3) is 10.4. The number of rotatable bonds is 16. The third-order valence-corrected chi connectivity index (χ3v) is 13.3. The van der Waals surface area contributed by atoms with Crippen LogP contribution in [0.2, 0.25) is 51.4 Å². The van der Waals surface area contributed by atoms with Crippen LogP contribution < -0.4 is 10.6 Å². The number of piperidine rings is 1. The molecule has 0 saturated carbocycles. The van der Waals surface area contributed by atoms with Crippen molar-refractivity contribution >= 4 is 45.3 Å². The lowest BCUT2D eigenvalue weighted by Crippen LogP contribution is -2.48. The lowest BCUT2D eigenvalue weighted by atomic mass is 9.85. The number of carbonyl (C=O) groups is 1. The van der Waals surface area contributed by atoms with Crippen LogP contribution in [0.3, 0.4) is 0 Å². The zero-order valence-corrected chi connectivity index (χ0v) is 35.8. The molecule has 53 heavy (non-hydrogen) atoms. The van der Waals surface area contributed by atoms with Crippen molar-refractivity contribution in [1.82, 2.24) is 24.5 Å². The minimum atomic E-state index is -1.33. The van der Waals surface area contributed by atoms with Crippen LogP contribution in [0.25, 0.3) is 22.5 Å². The molecule has 1 amide bonds. The van der Waals surface area contributed by atoms with E-state index in [1.54, 1.807) is 12.3 Å². The van der Waals surface area contributed by atoms with E-state index in [0.717, 1.165) is 66.0 Å². The van der Waals surface area contributed by atoms with E-state index >= 15 is 0 Å². The van der Waals surface area contributed by atoms with Gasteiger partial charge in [0.05, 0.1) is 24.1 Å². The maximum absolute atomic E-state index is 13.5. The van der Waals surface area contributed by atoms with E-state index in [0.29, 0.717) is 50.5 Å². The van der Waals surface area contributed by atoms with Gasteiger partial charge >= 0.3 is 6.09 Å². The largest absolute Gasteiger partial charge is 0.494 e. The van der Waals surface area contributed by atoms with E-state index in [9.17, 15) is 4.79 Å². The zero-order chi connectivity index (χ0) is 38.7. The molecule has 2 aliphatic heterocycles. The standard InChI is InChI=1S/C39H63N7O5Si2/c1-12-50-27(2)34-35(29-21-30-14-15-31(22-29)45(30)38(47)51-39(3,4)5)43-36-32(28-13-16-33(40)41-23-28)24-42-46(36)37(34)44(25-48-17-19-52(6,7)8)26-49-18-20-53(9,10)11/h13,16,23-24,29-31H,2,12,14-15,17-22,25-26H2,1,3-11H3,(H2,40,41)/t29-,30+,31-. The van der Waals surface area contributed by atoms with Gasteiger partial charge in [0, 0.05) is 64.7 Å². The number of carbonyl (C=O) groups excluding carboxylic acids is 1. The Morgan fingerprint density at radius 2 is 1.58 bits per heavy atom. The molecule has 0 aliphatic carbocycles. The van der Waals surface area contributed by atoms with Gasteiger partial charge in [-0.15, -0.1) is 0 Å². The molecule has 292 valence electrons. The molecule has 12 nitrogen and oxygen atoms in total. The number of aromatic nitrogens is 4. The highest BCUT2D eigenvalue weighted by Gasteiger charge is 2.46. The Balaban J connectivity index is 1.65. The average molecular weight is 766 g/mol. The van der Waals surface area contributed by atoms with E-state index < -0.39 is 21.7 Å². The van der Waals surface area contributed by atoms with Crippen LogP contribution in [-0.4, -0.2) is 97.7 Å². The second-order valence-corrected chi connectivity index (χ2v) is 29.2. The number of nitrogens with two attached hydrogens (primary N) is 1. The lowest BCUT2D eigenvalue weighted by molar-refractivity contribution is 0.00566. The normalized spacial score (nSPS) is 19.1. The van der Waals surface area contributed by atoms with Gasteiger partial charge in [-0.3, -0.25) is 0 Å². The molecule has 3 aromatic rings. The van der Waals surface area contributed by atoms with E-state index in [1.807, 2.05) is 49.4 Å². The predicted octanol–water partition coefficient (Wildman–Crippen LogP) is 8.46. The average Bonchev–Trinajstić information content (AvgIpc) is 3.59. The number of anilines is 2. The highest BCUT2D eigenvalue weighted by atomic mass is 28.3. The molecule has 0 aromatic carbocycles. The van der Waals surface area contributed by atoms with Crippen LogP contribution in [0.15, 0.2) is 31.1 Å². The fraction of sp³-hybridized carbons (Fsp3) is 0.641. The van der Waals surface area contributed by atoms with Gasteiger partial charge in [0.25, 0.3) is 0 Å². The number of fused-ring (bicyclic) bond motifs is 3. The smallest absolute Gasteiger partial charge is 0.410 e. The van der Waals surface area contributed by atoms with Crippen molar-refractivity contribution in [3.05, 3.63) is 42.4 Å². The van der Waals surface area contributed by atoms with Crippen LogP contribution in [0.1, 0.15) is 70.6 Å². The maximum Gasteiger partial charge on any atom is 0.410 e. The van der Waals surface area contributed by atoms with Gasteiger partial charge in [-0.1, -0.05) is 45.9 Å². The van der Waals surface area contributed by atoms with Crippen LogP contribution in [0.5, 0.6) is 0 Å². The molecule has 14 heteroatoms. The van der Waals surface area contributed by atoms with Gasteiger partial charge in [0.1, 0.15) is 36.5 Å². The molecule has 0 radical (unpaired) electrons. The first-order valence-electron chi connectivity index (χ1n) is 19.2. The Morgan fingerprint density at radius 3 is 2.09 bits per heavy atom. The number of hydrogen-bond acceptors (Lipinski definition) is 10. The highest BCUT2D eigenvalue weighted by Crippen LogP contribution is 2.47. The van der Waals surface area contributed by atoms with Gasteiger partial charge in [-0.05, 0) is 77.6 Å². The first kappa shape index (κ1) is 40.7. The van der Waals surface area contributed by atoms with Crippen molar-refractivity contribution in [3.63, 3.8) is 0 Å². The van der Waals surface area contributed by atoms with Gasteiger partial charge < -0.3 is 34.5 Å².